The van der Waals surface area contributed by atoms with Crippen LogP contribution in [-0.2, 0) is 11.8 Å². The van der Waals surface area contributed by atoms with Gasteiger partial charge in [-0.05, 0) is 49.1 Å². The van der Waals surface area contributed by atoms with Crippen LogP contribution in [0.1, 0.15) is 44.3 Å². The van der Waals surface area contributed by atoms with Crippen molar-refractivity contribution in [3.8, 4) is 22.5 Å². The number of amides is 1. The Morgan fingerprint density at radius 1 is 1.05 bits per heavy atom. The van der Waals surface area contributed by atoms with Gasteiger partial charge in [0.25, 0.3) is 5.56 Å². The first-order chi connectivity index (χ1) is 18.3. The number of benzene rings is 2. The third-order valence-corrected chi connectivity index (χ3v) is 7.24. The minimum absolute atomic E-state index is 0.0251. The van der Waals surface area contributed by atoms with E-state index in [9.17, 15) is 14.0 Å². The lowest BCUT2D eigenvalue weighted by atomic mass is 10.0. The maximum absolute atomic E-state index is 13.9. The van der Waals surface area contributed by atoms with Crippen LogP contribution in [0.4, 0.5) is 10.3 Å². The van der Waals surface area contributed by atoms with Crippen molar-refractivity contribution in [1.29, 1.82) is 0 Å². The van der Waals surface area contributed by atoms with Crippen molar-refractivity contribution in [2.24, 2.45) is 7.05 Å². The molecule has 5 rings (SSSR count). The summed E-state index contributed by atoms with van der Waals surface area (Å²) in [6.07, 6.45) is 3.01. The smallest absolute Gasteiger partial charge is 0.275 e. The molecule has 0 saturated carbocycles. The van der Waals surface area contributed by atoms with Crippen molar-refractivity contribution in [1.82, 2.24) is 24.2 Å². The largest absolute Gasteiger partial charge is 0.348 e. The minimum Gasteiger partial charge on any atom is -0.348 e. The van der Waals surface area contributed by atoms with Gasteiger partial charge in [-0.25, -0.2) is 19.0 Å². The van der Waals surface area contributed by atoms with E-state index in [-0.39, 0.29) is 29.4 Å². The standard InChI is InChI=1S/C29H31FN6O2/c1-19(21-7-5-4-6-8-21)32-29-31-16-13-25(33-29)27-26(22-9-11-23(30)12-10-22)28(38)36(34(27)3)24-14-17-35(18-15-24)20(2)37/h4-13,16,19,24H,14-15,17-18H2,1-3H3,(H,31,32,33)/t19-/m0/s1. The average Bonchev–Trinajstić information content (AvgIpc) is 3.19. The average molecular weight is 515 g/mol. The van der Waals surface area contributed by atoms with E-state index in [4.69, 9.17) is 4.98 Å². The fraction of sp³-hybridized carbons (Fsp3) is 0.310. The van der Waals surface area contributed by atoms with Gasteiger partial charge in [-0.3, -0.25) is 14.3 Å². The van der Waals surface area contributed by atoms with Gasteiger partial charge in [-0.2, -0.15) is 0 Å². The number of nitrogens with one attached hydrogen (secondary N) is 1. The van der Waals surface area contributed by atoms with Crippen LogP contribution in [0.5, 0.6) is 0 Å². The highest BCUT2D eigenvalue weighted by Gasteiger charge is 2.29. The van der Waals surface area contributed by atoms with Gasteiger partial charge in [0.15, 0.2) is 0 Å². The number of halogens is 1. The molecule has 1 saturated heterocycles. The van der Waals surface area contributed by atoms with Crippen LogP contribution in [0, 0.1) is 5.82 Å². The SMILES string of the molecule is CC(=O)N1CCC(n2c(=O)c(-c3ccc(F)cc3)c(-c3ccnc(N[C@@H](C)c4ccccc4)n3)n2C)CC1. The van der Waals surface area contributed by atoms with E-state index in [1.54, 1.807) is 36.0 Å². The van der Waals surface area contributed by atoms with Gasteiger partial charge in [0, 0.05) is 33.3 Å². The summed E-state index contributed by atoms with van der Waals surface area (Å²) >= 11 is 0. The molecule has 2 aromatic carbocycles. The van der Waals surface area contributed by atoms with Crippen LogP contribution in [0.3, 0.4) is 0 Å². The van der Waals surface area contributed by atoms with E-state index < -0.39 is 0 Å². The maximum Gasteiger partial charge on any atom is 0.275 e. The molecule has 3 heterocycles. The molecule has 38 heavy (non-hydrogen) atoms. The number of rotatable bonds is 6. The molecule has 1 amide bonds. The number of nitrogens with zero attached hydrogens (tertiary/aromatic N) is 5. The number of aromatic nitrogens is 4. The van der Waals surface area contributed by atoms with Gasteiger partial charge in [0.05, 0.1) is 29.0 Å². The van der Waals surface area contributed by atoms with Gasteiger partial charge in [-0.15, -0.1) is 0 Å². The lowest BCUT2D eigenvalue weighted by Gasteiger charge is -2.32. The summed E-state index contributed by atoms with van der Waals surface area (Å²) < 4.78 is 17.4. The zero-order chi connectivity index (χ0) is 26.8. The molecule has 0 radical (unpaired) electrons. The Bertz CT molecular complexity index is 1490. The summed E-state index contributed by atoms with van der Waals surface area (Å²) in [6, 6.07) is 17.7. The molecule has 0 spiro atoms. The molecule has 196 valence electrons. The monoisotopic (exact) mass is 514 g/mol. The van der Waals surface area contributed by atoms with E-state index >= 15 is 0 Å². The molecule has 1 N–H and O–H groups in total. The van der Waals surface area contributed by atoms with Crippen molar-refractivity contribution in [3.63, 3.8) is 0 Å². The van der Waals surface area contributed by atoms with Gasteiger partial charge < -0.3 is 10.2 Å². The summed E-state index contributed by atoms with van der Waals surface area (Å²) in [5, 5.41) is 3.35. The molecular formula is C29H31FN6O2. The van der Waals surface area contributed by atoms with Crippen LogP contribution in [-0.4, -0.2) is 43.2 Å². The molecular weight excluding hydrogens is 483 g/mol. The number of carbonyl (C=O) groups is 1. The quantitative estimate of drug-likeness (QED) is 0.399. The first-order valence-electron chi connectivity index (χ1n) is 12.8. The Hall–Kier alpha value is -4.27. The molecule has 0 unspecified atom stereocenters. The van der Waals surface area contributed by atoms with Gasteiger partial charge in [0.1, 0.15) is 5.82 Å². The highest BCUT2D eigenvalue weighted by molar-refractivity contribution is 5.79. The van der Waals surface area contributed by atoms with Crippen LogP contribution < -0.4 is 10.9 Å². The fourth-order valence-electron chi connectivity index (χ4n) is 5.21. The first-order valence-corrected chi connectivity index (χ1v) is 12.8. The molecule has 1 aliphatic rings. The molecule has 1 atom stereocenters. The van der Waals surface area contributed by atoms with E-state index in [0.717, 1.165) is 5.56 Å². The first kappa shape index (κ1) is 25.4. The molecule has 0 bridgehead atoms. The Balaban J connectivity index is 1.57. The topological polar surface area (TPSA) is 85.1 Å². The Labute approximate surface area is 220 Å². The van der Waals surface area contributed by atoms with Gasteiger partial charge >= 0.3 is 0 Å². The number of likely N-dealkylation sites (tertiary alicyclic amines) is 1. The summed E-state index contributed by atoms with van der Waals surface area (Å²) in [5.74, 6) is 0.117. The van der Waals surface area contributed by atoms with Crippen molar-refractivity contribution in [2.75, 3.05) is 18.4 Å². The van der Waals surface area contributed by atoms with Crippen molar-refractivity contribution in [3.05, 3.63) is 88.6 Å². The van der Waals surface area contributed by atoms with Crippen LogP contribution >= 0.6 is 0 Å². The van der Waals surface area contributed by atoms with E-state index in [0.29, 0.717) is 54.4 Å². The predicted octanol–water partition coefficient (Wildman–Crippen LogP) is 4.81. The van der Waals surface area contributed by atoms with Gasteiger partial charge in [0.2, 0.25) is 11.9 Å². The third-order valence-electron chi connectivity index (χ3n) is 7.24. The van der Waals surface area contributed by atoms with Crippen molar-refractivity contribution in [2.45, 2.75) is 38.8 Å². The number of piperidine rings is 1. The van der Waals surface area contributed by atoms with Crippen molar-refractivity contribution >= 4 is 11.9 Å². The number of anilines is 1. The number of carbonyl (C=O) groups excluding carboxylic acids is 1. The Kier molecular flexibility index (Phi) is 7.09. The summed E-state index contributed by atoms with van der Waals surface area (Å²) in [4.78, 5) is 36.8. The second-order valence-corrected chi connectivity index (χ2v) is 9.68. The van der Waals surface area contributed by atoms with Crippen LogP contribution in [0.15, 0.2) is 71.7 Å². The second-order valence-electron chi connectivity index (χ2n) is 9.68. The normalized spacial score (nSPS) is 14.9. The molecule has 8 nitrogen and oxygen atoms in total. The third kappa shape index (κ3) is 4.96. The molecule has 4 aromatic rings. The zero-order valence-electron chi connectivity index (χ0n) is 21.8. The number of hydrogen-bond donors (Lipinski definition) is 1. The lowest BCUT2D eigenvalue weighted by Crippen LogP contribution is -2.40. The highest BCUT2D eigenvalue weighted by atomic mass is 19.1. The van der Waals surface area contributed by atoms with Gasteiger partial charge in [-0.1, -0.05) is 42.5 Å². The number of hydrogen-bond acceptors (Lipinski definition) is 5. The summed E-state index contributed by atoms with van der Waals surface area (Å²) in [7, 11) is 1.85. The van der Waals surface area contributed by atoms with Crippen LogP contribution in [0.2, 0.25) is 0 Å². The Morgan fingerprint density at radius 3 is 2.39 bits per heavy atom. The van der Waals surface area contributed by atoms with Crippen LogP contribution in [0.25, 0.3) is 22.5 Å². The Morgan fingerprint density at radius 2 is 1.74 bits per heavy atom. The fourth-order valence-corrected chi connectivity index (χ4v) is 5.21. The summed E-state index contributed by atoms with van der Waals surface area (Å²) in [5.41, 5.74) is 3.23. The highest BCUT2D eigenvalue weighted by Crippen LogP contribution is 2.32. The van der Waals surface area contributed by atoms with E-state index in [1.807, 2.05) is 53.9 Å². The van der Waals surface area contributed by atoms with Crippen molar-refractivity contribution < 1.29 is 9.18 Å². The second kappa shape index (κ2) is 10.6. The minimum atomic E-state index is -0.369. The molecule has 9 heteroatoms. The molecule has 1 fully saturated rings. The van der Waals surface area contributed by atoms with E-state index in [1.165, 1.54) is 12.1 Å². The molecule has 1 aliphatic heterocycles. The molecule has 0 aliphatic carbocycles. The lowest BCUT2D eigenvalue weighted by molar-refractivity contribution is -0.130. The summed E-state index contributed by atoms with van der Waals surface area (Å²) in [6.45, 7) is 4.80. The predicted molar refractivity (Wildman–Crippen MR) is 145 cm³/mol. The maximum atomic E-state index is 13.9. The molecule has 2 aromatic heterocycles. The zero-order valence-corrected chi connectivity index (χ0v) is 21.8. The van der Waals surface area contributed by atoms with E-state index in [2.05, 4.69) is 10.3 Å².